The molecule has 0 bridgehead atoms. The Bertz CT molecular complexity index is 601. The summed E-state index contributed by atoms with van der Waals surface area (Å²) >= 11 is 0. The highest BCUT2D eigenvalue weighted by Crippen LogP contribution is 2.25. The monoisotopic (exact) mass is 273 g/mol. The molecule has 106 valence electrons. The Morgan fingerprint density at radius 3 is 2.40 bits per heavy atom. The van der Waals surface area contributed by atoms with Crippen LogP contribution in [0.5, 0.6) is 0 Å². The molecule has 1 aliphatic heterocycles. The number of rotatable bonds is 2. The molecular weight excluding hydrogens is 254 g/mol. The van der Waals surface area contributed by atoms with Crippen LogP contribution in [-0.2, 0) is 0 Å². The minimum absolute atomic E-state index is 0.122. The molecule has 6 nitrogen and oxygen atoms in total. The van der Waals surface area contributed by atoms with Crippen molar-refractivity contribution in [2.45, 2.75) is 13.8 Å². The second kappa shape index (κ2) is 5.03. The van der Waals surface area contributed by atoms with E-state index in [9.17, 15) is 0 Å². The van der Waals surface area contributed by atoms with Crippen molar-refractivity contribution in [3.63, 3.8) is 0 Å². The molecule has 20 heavy (non-hydrogen) atoms. The Balaban J connectivity index is 1.71. The molecule has 0 spiro atoms. The van der Waals surface area contributed by atoms with E-state index in [0.29, 0.717) is 6.01 Å². The SMILES string of the molecule is Cc1cccc(N2CCN(c3nnc(N)o3)CC2)c1C. The number of benzene rings is 1. The van der Waals surface area contributed by atoms with Crippen LogP contribution in [0.15, 0.2) is 22.6 Å². The second-order valence-electron chi connectivity index (χ2n) is 5.12. The van der Waals surface area contributed by atoms with Gasteiger partial charge in [-0.05, 0) is 31.0 Å². The third-order valence-corrected chi connectivity index (χ3v) is 3.90. The van der Waals surface area contributed by atoms with Gasteiger partial charge < -0.3 is 20.0 Å². The molecule has 1 fully saturated rings. The number of nitrogens with zero attached hydrogens (tertiary/aromatic N) is 4. The van der Waals surface area contributed by atoms with Gasteiger partial charge >= 0.3 is 12.0 Å². The van der Waals surface area contributed by atoms with Gasteiger partial charge in [-0.2, -0.15) is 0 Å². The molecule has 1 aromatic heterocycles. The molecule has 2 aromatic rings. The van der Waals surface area contributed by atoms with Crippen molar-refractivity contribution in [3.05, 3.63) is 29.3 Å². The minimum atomic E-state index is 0.122. The van der Waals surface area contributed by atoms with Gasteiger partial charge in [0.2, 0.25) is 0 Å². The fourth-order valence-electron chi connectivity index (χ4n) is 2.57. The van der Waals surface area contributed by atoms with Gasteiger partial charge in [-0.15, -0.1) is 0 Å². The zero-order chi connectivity index (χ0) is 14.1. The van der Waals surface area contributed by atoms with Crippen LogP contribution in [0, 0.1) is 13.8 Å². The topological polar surface area (TPSA) is 71.4 Å². The lowest BCUT2D eigenvalue weighted by Crippen LogP contribution is -2.47. The van der Waals surface area contributed by atoms with Crippen LogP contribution in [0.1, 0.15) is 11.1 Å². The standard InChI is InChI=1S/C14H19N5O/c1-10-4-3-5-12(11(10)2)18-6-8-19(9-7-18)14-17-16-13(15)20-14/h3-5H,6-9H2,1-2H3,(H2,15,16). The van der Waals surface area contributed by atoms with Gasteiger partial charge in [0.15, 0.2) is 0 Å². The van der Waals surface area contributed by atoms with E-state index in [0.717, 1.165) is 26.2 Å². The zero-order valence-electron chi connectivity index (χ0n) is 11.8. The summed E-state index contributed by atoms with van der Waals surface area (Å²) in [6.45, 7) is 7.91. The zero-order valence-corrected chi connectivity index (χ0v) is 11.8. The largest absolute Gasteiger partial charge is 0.390 e. The lowest BCUT2D eigenvalue weighted by Gasteiger charge is -2.36. The van der Waals surface area contributed by atoms with Crippen molar-refractivity contribution in [1.82, 2.24) is 10.2 Å². The first-order chi connectivity index (χ1) is 9.65. The predicted molar refractivity (Wildman–Crippen MR) is 79.1 cm³/mol. The highest BCUT2D eigenvalue weighted by atomic mass is 16.4. The quantitative estimate of drug-likeness (QED) is 0.896. The van der Waals surface area contributed by atoms with E-state index in [2.05, 4.69) is 52.0 Å². The summed E-state index contributed by atoms with van der Waals surface area (Å²) in [6, 6.07) is 7.09. The molecule has 0 saturated carbocycles. The van der Waals surface area contributed by atoms with Gasteiger partial charge in [-0.1, -0.05) is 22.3 Å². The van der Waals surface area contributed by atoms with E-state index in [4.69, 9.17) is 10.2 Å². The normalized spacial score (nSPS) is 15.7. The highest BCUT2D eigenvalue weighted by molar-refractivity contribution is 5.57. The lowest BCUT2D eigenvalue weighted by molar-refractivity contribution is 0.527. The van der Waals surface area contributed by atoms with E-state index in [1.165, 1.54) is 16.8 Å². The molecule has 0 radical (unpaired) electrons. The van der Waals surface area contributed by atoms with Crippen LogP contribution in [0.4, 0.5) is 17.7 Å². The second-order valence-corrected chi connectivity index (χ2v) is 5.12. The molecule has 6 heteroatoms. The maximum Gasteiger partial charge on any atom is 0.319 e. The van der Waals surface area contributed by atoms with E-state index >= 15 is 0 Å². The highest BCUT2D eigenvalue weighted by Gasteiger charge is 2.22. The summed E-state index contributed by atoms with van der Waals surface area (Å²) in [6.07, 6.45) is 0. The van der Waals surface area contributed by atoms with Gasteiger partial charge in [0, 0.05) is 31.9 Å². The maximum absolute atomic E-state index is 5.46. The summed E-state index contributed by atoms with van der Waals surface area (Å²) in [5.41, 5.74) is 9.46. The molecular formula is C14H19N5O. The molecule has 0 amide bonds. The molecule has 2 heterocycles. The van der Waals surface area contributed by atoms with Gasteiger partial charge in [0.1, 0.15) is 0 Å². The van der Waals surface area contributed by atoms with Gasteiger partial charge in [-0.25, -0.2) is 0 Å². The fourth-order valence-corrected chi connectivity index (χ4v) is 2.57. The van der Waals surface area contributed by atoms with Crippen LogP contribution < -0.4 is 15.5 Å². The molecule has 0 atom stereocenters. The Kier molecular flexibility index (Phi) is 3.22. The third kappa shape index (κ3) is 2.29. The average Bonchev–Trinajstić information content (AvgIpc) is 2.89. The number of anilines is 3. The van der Waals surface area contributed by atoms with Crippen LogP contribution in [-0.4, -0.2) is 36.4 Å². The van der Waals surface area contributed by atoms with Crippen LogP contribution in [0.25, 0.3) is 0 Å². The molecule has 1 aromatic carbocycles. The van der Waals surface area contributed by atoms with E-state index in [-0.39, 0.29) is 6.01 Å². The van der Waals surface area contributed by atoms with Crippen LogP contribution in [0.2, 0.25) is 0 Å². The predicted octanol–water partition coefficient (Wildman–Crippen LogP) is 1.60. The summed E-state index contributed by atoms with van der Waals surface area (Å²) < 4.78 is 5.27. The summed E-state index contributed by atoms with van der Waals surface area (Å²) in [7, 11) is 0. The van der Waals surface area contributed by atoms with Crippen LogP contribution >= 0.6 is 0 Å². The van der Waals surface area contributed by atoms with E-state index in [1.54, 1.807) is 0 Å². The first-order valence-corrected chi connectivity index (χ1v) is 6.80. The van der Waals surface area contributed by atoms with Crippen molar-refractivity contribution in [3.8, 4) is 0 Å². The molecule has 3 rings (SSSR count). The molecule has 0 aliphatic carbocycles. The summed E-state index contributed by atoms with van der Waals surface area (Å²) in [4.78, 5) is 4.48. The molecule has 1 aliphatic rings. The lowest BCUT2D eigenvalue weighted by atomic mass is 10.1. The number of aromatic nitrogens is 2. The average molecular weight is 273 g/mol. The number of hydrogen-bond donors (Lipinski definition) is 1. The Morgan fingerprint density at radius 1 is 1.05 bits per heavy atom. The Morgan fingerprint density at radius 2 is 1.75 bits per heavy atom. The van der Waals surface area contributed by atoms with E-state index < -0.39 is 0 Å². The van der Waals surface area contributed by atoms with Crippen LogP contribution in [0.3, 0.4) is 0 Å². The number of piperazine rings is 1. The number of nitrogen functional groups attached to an aromatic ring is 1. The maximum atomic E-state index is 5.46. The molecule has 1 saturated heterocycles. The first-order valence-electron chi connectivity index (χ1n) is 6.80. The summed E-state index contributed by atoms with van der Waals surface area (Å²) in [5, 5.41) is 7.64. The Labute approximate surface area is 118 Å². The minimum Gasteiger partial charge on any atom is -0.390 e. The van der Waals surface area contributed by atoms with Gasteiger partial charge in [0.05, 0.1) is 0 Å². The van der Waals surface area contributed by atoms with Crippen molar-refractivity contribution in [2.24, 2.45) is 0 Å². The smallest absolute Gasteiger partial charge is 0.319 e. The third-order valence-electron chi connectivity index (χ3n) is 3.90. The summed E-state index contributed by atoms with van der Waals surface area (Å²) in [5.74, 6) is 0. The van der Waals surface area contributed by atoms with Crippen molar-refractivity contribution < 1.29 is 4.42 Å². The molecule has 0 unspecified atom stereocenters. The van der Waals surface area contributed by atoms with Gasteiger partial charge in [0.25, 0.3) is 0 Å². The van der Waals surface area contributed by atoms with Crippen molar-refractivity contribution in [2.75, 3.05) is 41.7 Å². The van der Waals surface area contributed by atoms with Gasteiger partial charge in [-0.3, -0.25) is 0 Å². The van der Waals surface area contributed by atoms with Crippen molar-refractivity contribution in [1.29, 1.82) is 0 Å². The number of hydrogen-bond acceptors (Lipinski definition) is 6. The fraction of sp³-hybridized carbons (Fsp3) is 0.429. The first kappa shape index (κ1) is 12.8. The molecule has 2 N–H and O–H groups in total. The number of nitrogens with two attached hydrogens (primary N) is 1. The van der Waals surface area contributed by atoms with E-state index in [1.807, 2.05) is 0 Å². The number of aryl methyl sites for hydroxylation is 1. The Hall–Kier alpha value is -2.24. The van der Waals surface area contributed by atoms with Crippen molar-refractivity contribution >= 4 is 17.7 Å².